The number of carbonyl (C=O) groups is 2. The maximum absolute atomic E-state index is 13.3. The van der Waals surface area contributed by atoms with Gasteiger partial charge in [-0.15, -0.1) is 0 Å². The van der Waals surface area contributed by atoms with Crippen molar-refractivity contribution in [2.75, 3.05) is 38.6 Å². The second kappa shape index (κ2) is 7.03. The summed E-state index contributed by atoms with van der Waals surface area (Å²) in [4.78, 5) is 25.5. The van der Waals surface area contributed by atoms with Crippen LogP contribution in [0, 0.1) is 5.82 Å². The molecule has 1 fully saturated rings. The highest BCUT2D eigenvalue weighted by Gasteiger charge is 2.22. The molecule has 2 rings (SSSR count). The minimum Gasteiger partial charge on any atom is -0.494 e. The lowest BCUT2D eigenvalue weighted by Crippen LogP contribution is -2.41. The summed E-state index contributed by atoms with van der Waals surface area (Å²) in [5, 5.41) is 5.62. The number of nitrogens with one attached hydrogen (secondary N) is 2. The number of methoxy groups -OCH3 is 1. The van der Waals surface area contributed by atoms with Crippen molar-refractivity contribution in [3.05, 3.63) is 24.0 Å². The highest BCUT2D eigenvalue weighted by molar-refractivity contribution is 6.39. The number of halogens is 1. The maximum Gasteiger partial charge on any atom is 0.313 e. The van der Waals surface area contributed by atoms with Crippen LogP contribution in [0.3, 0.4) is 0 Å². The topological polar surface area (TPSA) is 70.7 Å². The fraction of sp³-hybridized carbons (Fsp3) is 0.429. The molecular weight excluding hydrogens is 277 g/mol. The van der Waals surface area contributed by atoms with Crippen LogP contribution in [0.5, 0.6) is 5.75 Å². The Kier molecular flexibility index (Phi) is 5.10. The average Bonchev–Trinajstić information content (AvgIpc) is 2.77. The van der Waals surface area contributed by atoms with Crippen LogP contribution >= 0.6 is 0 Å². The molecule has 0 atom stereocenters. The van der Waals surface area contributed by atoms with Crippen LogP contribution in [0.4, 0.5) is 10.1 Å². The molecule has 0 bridgehead atoms. The van der Waals surface area contributed by atoms with Gasteiger partial charge in [0.15, 0.2) is 11.6 Å². The van der Waals surface area contributed by atoms with Crippen LogP contribution in [0.15, 0.2) is 18.2 Å². The van der Waals surface area contributed by atoms with Gasteiger partial charge in [-0.05, 0) is 25.1 Å². The molecule has 0 radical (unpaired) electrons. The predicted octanol–water partition coefficient (Wildman–Crippen LogP) is 0.595. The second-order valence-electron chi connectivity index (χ2n) is 4.70. The molecule has 21 heavy (non-hydrogen) atoms. The monoisotopic (exact) mass is 295 g/mol. The first-order valence-corrected chi connectivity index (χ1v) is 6.76. The average molecular weight is 295 g/mol. The molecule has 1 aromatic rings. The van der Waals surface area contributed by atoms with E-state index in [0.717, 1.165) is 13.0 Å². The quantitative estimate of drug-likeness (QED) is 0.784. The summed E-state index contributed by atoms with van der Waals surface area (Å²) in [6.07, 6.45) is 0.809. The summed E-state index contributed by atoms with van der Waals surface area (Å²) in [7, 11) is 1.33. The Morgan fingerprint density at radius 2 is 2.14 bits per heavy atom. The number of nitrogens with zero attached hydrogens (tertiary/aromatic N) is 1. The molecule has 0 aliphatic carbocycles. The standard InChI is InChI=1S/C14H18FN3O3/c1-21-12-9-10(3-4-11(12)15)17-13(19)14(20)18-7-2-5-16-6-8-18/h3-4,9,16H,2,5-8H2,1H3,(H,17,19). The van der Waals surface area contributed by atoms with Crippen molar-refractivity contribution in [1.82, 2.24) is 10.2 Å². The predicted molar refractivity (Wildman–Crippen MR) is 75.6 cm³/mol. The van der Waals surface area contributed by atoms with E-state index in [1.54, 1.807) is 0 Å². The molecule has 1 aliphatic heterocycles. The van der Waals surface area contributed by atoms with E-state index in [-0.39, 0.29) is 5.75 Å². The Hall–Kier alpha value is -2.15. The SMILES string of the molecule is COc1cc(NC(=O)C(=O)N2CCCNCC2)ccc1F. The summed E-state index contributed by atoms with van der Waals surface area (Å²) in [6.45, 7) is 2.55. The Labute approximate surface area is 122 Å². The molecule has 1 aromatic carbocycles. The van der Waals surface area contributed by atoms with Crippen molar-refractivity contribution >= 4 is 17.5 Å². The van der Waals surface area contributed by atoms with E-state index in [4.69, 9.17) is 4.74 Å². The third-order valence-corrected chi connectivity index (χ3v) is 3.23. The zero-order valence-corrected chi connectivity index (χ0v) is 11.8. The van der Waals surface area contributed by atoms with Crippen LogP contribution in [0.1, 0.15) is 6.42 Å². The van der Waals surface area contributed by atoms with E-state index in [2.05, 4.69) is 10.6 Å². The molecule has 0 spiro atoms. The van der Waals surface area contributed by atoms with E-state index >= 15 is 0 Å². The lowest BCUT2D eigenvalue weighted by Gasteiger charge is -2.19. The molecule has 2 amide bonds. The Morgan fingerprint density at radius 3 is 2.90 bits per heavy atom. The van der Waals surface area contributed by atoms with Crippen LogP contribution in [-0.4, -0.2) is 50.0 Å². The Balaban J connectivity index is 2.01. The van der Waals surface area contributed by atoms with Crippen molar-refractivity contribution in [3.63, 3.8) is 0 Å². The Morgan fingerprint density at radius 1 is 1.33 bits per heavy atom. The number of amides is 2. The van der Waals surface area contributed by atoms with Crippen molar-refractivity contribution < 1.29 is 18.7 Å². The number of hydrogen-bond acceptors (Lipinski definition) is 4. The van der Waals surface area contributed by atoms with E-state index in [9.17, 15) is 14.0 Å². The largest absolute Gasteiger partial charge is 0.494 e. The van der Waals surface area contributed by atoms with E-state index < -0.39 is 17.6 Å². The van der Waals surface area contributed by atoms with Gasteiger partial charge in [0.1, 0.15) is 0 Å². The highest BCUT2D eigenvalue weighted by atomic mass is 19.1. The molecule has 0 unspecified atom stereocenters. The van der Waals surface area contributed by atoms with Gasteiger partial charge in [-0.2, -0.15) is 0 Å². The van der Waals surface area contributed by atoms with Crippen LogP contribution in [0.25, 0.3) is 0 Å². The van der Waals surface area contributed by atoms with Crippen molar-refractivity contribution in [2.45, 2.75) is 6.42 Å². The minimum absolute atomic E-state index is 0.0132. The first-order chi connectivity index (χ1) is 10.1. The van der Waals surface area contributed by atoms with E-state index in [0.29, 0.717) is 25.3 Å². The molecule has 1 aliphatic rings. The van der Waals surface area contributed by atoms with Gasteiger partial charge in [0.2, 0.25) is 0 Å². The second-order valence-corrected chi connectivity index (χ2v) is 4.70. The van der Waals surface area contributed by atoms with Crippen molar-refractivity contribution in [3.8, 4) is 5.75 Å². The highest BCUT2D eigenvalue weighted by Crippen LogP contribution is 2.21. The summed E-state index contributed by atoms with van der Waals surface area (Å²) < 4.78 is 18.1. The molecule has 2 N–H and O–H groups in total. The lowest BCUT2D eigenvalue weighted by molar-refractivity contribution is -0.143. The molecule has 1 saturated heterocycles. The summed E-state index contributed by atoms with van der Waals surface area (Å²) >= 11 is 0. The van der Waals surface area contributed by atoms with Gasteiger partial charge < -0.3 is 20.3 Å². The number of rotatable bonds is 2. The van der Waals surface area contributed by atoms with Crippen molar-refractivity contribution in [1.29, 1.82) is 0 Å². The maximum atomic E-state index is 13.3. The fourth-order valence-corrected chi connectivity index (χ4v) is 2.11. The fourth-order valence-electron chi connectivity index (χ4n) is 2.11. The molecule has 0 aromatic heterocycles. The zero-order chi connectivity index (χ0) is 15.2. The number of benzene rings is 1. The normalized spacial score (nSPS) is 15.2. The lowest BCUT2D eigenvalue weighted by atomic mass is 10.2. The van der Waals surface area contributed by atoms with Crippen molar-refractivity contribution in [2.24, 2.45) is 0 Å². The van der Waals surface area contributed by atoms with Gasteiger partial charge in [0.05, 0.1) is 7.11 Å². The van der Waals surface area contributed by atoms with Gasteiger partial charge in [-0.1, -0.05) is 0 Å². The van der Waals surface area contributed by atoms with E-state index in [1.165, 1.54) is 30.2 Å². The molecule has 6 nitrogen and oxygen atoms in total. The van der Waals surface area contributed by atoms with Gasteiger partial charge in [-0.25, -0.2) is 4.39 Å². The Bertz CT molecular complexity index is 528. The summed E-state index contributed by atoms with van der Waals surface area (Å²) in [6, 6.07) is 3.90. The first kappa shape index (κ1) is 15.2. The van der Waals surface area contributed by atoms with Crippen LogP contribution < -0.4 is 15.4 Å². The minimum atomic E-state index is -0.731. The van der Waals surface area contributed by atoms with Crippen LogP contribution in [0.2, 0.25) is 0 Å². The number of ether oxygens (including phenoxy) is 1. The molecule has 114 valence electrons. The summed E-state index contributed by atoms with van der Waals surface area (Å²) in [5.41, 5.74) is 0.319. The van der Waals surface area contributed by atoms with Crippen LogP contribution in [-0.2, 0) is 9.59 Å². The molecule has 7 heteroatoms. The molecule has 0 saturated carbocycles. The summed E-state index contributed by atoms with van der Waals surface area (Å²) in [5.74, 6) is -1.83. The van der Waals surface area contributed by atoms with Gasteiger partial charge >= 0.3 is 11.8 Å². The van der Waals surface area contributed by atoms with Gasteiger partial charge in [0.25, 0.3) is 0 Å². The number of hydrogen-bond donors (Lipinski definition) is 2. The third-order valence-electron chi connectivity index (χ3n) is 3.23. The smallest absolute Gasteiger partial charge is 0.313 e. The zero-order valence-electron chi connectivity index (χ0n) is 11.8. The number of anilines is 1. The van der Waals surface area contributed by atoms with E-state index in [1.807, 2.05) is 0 Å². The van der Waals surface area contributed by atoms with Gasteiger partial charge in [-0.3, -0.25) is 9.59 Å². The first-order valence-electron chi connectivity index (χ1n) is 6.76. The third kappa shape index (κ3) is 3.91. The number of carbonyl (C=O) groups excluding carboxylic acids is 2. The molecule has 1 heterocycles. The van der Waals surface area contributed by atoms with Gasteiger partial charge in [0, 0.05) is 31.4 Å². The molecular formula is C14H18FN3O3.